The number of hydrogen-bond donors (Lipinski definition) is 0. The highest BCUT2D eigenvalue weighted by Crippen LogP contribution is 2.35. The molecular weight excluding hydrogens is 228 g/mol. The first-order valence-electron chi connectivity index (χ1n) is 6.14. The van der Waals surface area contributed by atoms with Crippen molar-refractivity contribution < 1.29 is 9.47 Å². The van der Waals surface area contributed by atoms with Crippen molar-refractivity contribution in [2.24, 2.45) is 4.99 Å². The quantitative estimate of drug-likeness (QED) is 0.817. The summed E-state index contributed by atoms with van der Waals surface area (Å²) in [6.07, 6.45) is 5.06. The van der Waals surface area contributed by atoms with Crippen LogP contribution in [0.5, 0.6) is 11.5 Å². The lowest BCUT2D eigenvalue weighted by molar-refractivity contribution is 0.308. The molecule has 0 spiro atoms. The Morgan fingerprint density at radius 2 is 2.39 bits per heavy atom. The zero-order chi connectivity index (χ0) is 12.4. The topological polar surface area (TPSA) is 34.1 Å². The molecule has 0 aliphatic carbocycles. The molecule has 0 saturated carbocycles. The van der Waals surface area contributed by atoms with Gasteiger partial charge >= 0.3 is 0 Å². The Balaban J connectivity index is 1.87. The minimum atomic E-state index is 0.719. The Labute approximate surface area is 107 Å². The summed E-state index contributed by atoms with van der Waals surface area (Å²) >= 11 is 0. The van der Waals surface area contributed by atoms with Crippen LogP contribution in [0.4, 0.5) is 5.69 Å². The van der Waals surface area contributed by atoms with Gasteiger partial charge in [-0.1, -0.05) is 6.08 Å². The van der Waals surface area contributed by atoms with Gasteiger partial charge in [-0.3, -0.25) is 4.99 Å². The van der Waals surface area contributed by atoms with E-state index in [4.69, 9.17) is 9.47 Å². The summed E-state index contributed by atoms with van der Waals surface area (Å²) in [7, 11) is 1.68. The molecular formula is C14H16N2O2. The normalized spacial score (nSPS) is 17.2. The molecule has 2 heterocycles. The van der Waals surface area contributed by atoms with Crippen molar-refractivity contribution >= 4 is 11.9 Å². The van der Waals surface area contributed by atoms with Crippen LogP contribution in [-0.4, -0.2) is 33.0 Å². The number of fused-ring (bicyclic) bond motifs is 1. The van der Waals surface area contributed by atoms with Gasteiger partial charge in [-0.15, -0.1) is 0 Å². The number of nitrogens with zero attached hydrogens (tertiary/aromatic N) is 2. The molecule has 4 heteroatoms. The number of methoxy groups -OCH3 is 1. The zero-order valence-electron chi connectivity index (χ0n) is 10.4. The molecule has 0 radical (unpaired) electrons. The maximum Gasteiger partial charge on any atom is 0.142 e. The van der Waals surface area contributed by atoms with E-state index in [1.165, 1.54) is 0 Å². The third-order valence-electron chi connectivity index (χ3n) is 3.19. The number of ether oxygens (including phenoxy) is 2. The standard InChI is InChI=1S/C14H16N2O2/c1-17-12-4-5-14-13(9-12)16(7-8-18-14)10-11-3-2-6-15-11/h3-6,9H,2,7-8,10H2,1H3. The van der Waals surface area contributed by atoms with Crippen molar-refractivity contribution in [3.63, 3.8) is 0 Å². The van der Waals surface area contributed by atoms with Crippen LogP contribution in [0.3, 0.4) is 0 Å². The second-order valence-corrected chi connectivity index (χ2v) is 4.35. The van der Waals surface area contributed by atoms with E-state index in [2.05, 4.69) is 16.0 Å². The maximum atomic E-state index is 5.66. The van der Waals surface area contributed by atoms with Gasteiger partial charge in [0.05, 0.1) is 31.6 Å². The molecule has 18 heavy (non-hydrogen) atoms. The molecule has 0 bridgehead atoms. The average Bonchev–Trinajstić information content (AvgIpc) is 2.91. The summed E-state index contributed by atoms with van der Waals surface area (Å²) in [5.41, 5.74) is 2.22. The van der Waals surface area contributed by atoms with Crippen molar-refractivity contribution in [3.8, 4) is 11.5 Å². The van der Waals surface area contributed by atoms with E-state index in [1.807, 2.05) is 24.4 Å². The number of allylic oxidation sites excluding steroid dienone is 1. The predicted octanol–water partition coefficient (Wildman–Crippen LogP) is 2.25. The Bertz CT molecular complexity index is 509. The molecule has 4 nitrogen and oxygen atoms in total. The number of aliphatic imine (C=N–C) groups is 1. The van der Waals surface area contributed by atoms with Gasteiger partial charge in [-0.25, -0.2) is 0 Å². The summed E-state index contributed by atoms with van der Waals surface area (Å²) < 4.78 is 10.9. The fourth-order valence-electron chi connectivity index (χ4n) is 2.26. The molecule has 0 saturated heterocycles. The van der Waals surface area contributed by atoms with Crippen molar-refractivity contribution in [3.05, 3.63) is 30.0 Å². The van der Waals surface area contributed by atoms with Gasteiger partial charge in [-0.05, 0) is 12.1 Å². The second kappa shape index (κ2) is 4.72. The molecule has 1 aromatic rings. The van der Waals surface area contributed by atoms with E-state index >= 15 is 0 Å². The van der Waals surface area contributed by atoms with Crippen LogP contribution in [-0.2, 0) is 0 Å². The van der Waals surface area contributed by atoms with Crippen molar-refractivity contribution in [1.82, 2.24) is 0 Å². The highest BCUT2D eigenvalue weighted by atomic mass is 16.5. The molecule has 0 fully saturated rings. The van der Waals surface area contributed by atoms with Gasteiger partial charge in [0.1, 0.15) is 18.1 Å². The predicted molar refractivity (Wildman–Crippen MR) is 71.9 cm³/mol. The Hall–Kier alpha value is -1.97. The Morgan fingerprint density at radius 1 is 1.44 bits per heavy atom. The summed E-state index contributed by atoms with van der Waals surface area (Å²) in [4.78, 5) is 6.66. The fraction of sp³-hybridized carbons (Fsp3) is 0.357. The maximum absolute atomic E-state index is 5.66. The van der Waals surface area contributed by atoms with E-state index in [0.29, 0.717) is 0 Å². The molecule has 1 aromatic carbocycles. The van der Waals surface area contributed by atoms with Crippen molar-refractivity contribution in [1.29, 1.82) is 0 Å². The molecule has 94 valence electrons. The lowest BCUT2D eigenvalue weighted by Crippen LogP contribution is -2.33. The highest BCUT2D eigenvalue weighted by molar-refractivity contribution is 5.67. The third kappa shape index (κ3) is 2.06. The SMILES string of the molecule is COc1ccc2c(c1)N(CC1=CCC=N1)CCO2. The molecule has 3 rings (SSSR count). The number of rotatable bonds is 3. The van der Waals surface area contributed by atoms with E-state index in [0.717, 1.165) is 49.0 Å². The van der Waals surface area contributed by atoms with Crippen LogP contribution < -0.4 is 14.4 Å². The van der Waals surface area contributed by atoms with Gasteiger partial charge in [0.2, 0.25) is 0 Å². The van der Waals surface area contributed by atoms with Crippen LogP contribution in [0.25, 0.3) is 0 Å². The number of hydrogen-bond acceptors (Lipinski definition) is 4. The van der Waals surface area contributed by atoms with Crippen LogP contribution in [0.2, 0.25) is 0 Å². The molecule has 2 aliphatic heterocycles. The molecule has 0 amide bonds. The van der Waals surface area contributed by atoms with Crippen LogP contribution in [0.15, 0.2) is 35.0 Å². The number of anilines is 1. The van der Waals surface area contributed by atoms with Gasteiger partial charge in [0.25, 0.3) is 0 Å². The Morgan fingerprint density at radius 3 is 3.17 bits per heavy atom. The summed E-state index contributed by atoms with van der Waals surface area (Å²) in [6, 6.07) is 5.91. The van der Waals surface area contributed by atoms with Crippen LogP contribution in [0, 0.1) is 0 Å². The van der Waals surface area contributed by atoms with Gasteiger partial charge < -0.3 is 14.4 Å². The summed E-state index contributed by atoms with van der Waals surface area (Å²) in [6.45, 7) is 2.43. The van der Waals surface area contributed by atoms with Gasteiger partial charge in [0, 0.05) is 18.7 Å². The van der Waals surface area contributed by atoms with Gasteiger partial charge in [0.15, 0.2) is 0 Å². The molecule has 2 aliphatic rings. The largest absolute Gasteiger partial charge is 0.497 e. The lowest BCUT2D eigenvalue weighted by atomic mass is 10.2. The molecule has 0 unspecified atom stereocenters. The molecule has 0 atom stereocenters. The minimum Gasteiger partial charge on any atom is -0.497 e. The zero-order valence-corrected chi connectivity index (χ0v) is 10.4. The van der Waals surface area contributed by atoms with E-state index in [1.54, 1.807) is 7.11 Å². The highest BCUT2D eigenvalue weighted by Gasteiger charge is 2.19. The smallest absolute Gasteiger partial charge is 0.142 e. The molecule has 0 aromatic heterocycles. The third-order valence-corrected chi connectivity index (χ3v) is 3.19. The van der Waals surface area contributed by atoms with E-state index < -0.39 is 0 Å². The first-order chi connectivity index (χ1) is 8.86. The second-order valence-electron chi connectivity index (χ2n) is 4.35. The first-order valence-corrected chi connectivity index (χ1v) is 6.14. The average molecular weight is 244 g/mol. The molecule has 0 N–H and O–H groups in total. The van der Waals surface area contributed by atoms with E-state index in [9.17, 15) is 0 Å². The van der Waals surface area contributed by atoms with E-state index in [-0.39, 0.29) is 0 Å². The lowest BCUT2D eigenvalue weighted by Gasteiger charge is -2.31. The monoisotopic (exact) mass is 244 g/mol. The number of benzene rings is 1. The van der Waals surface area contributed by atoms with Crippen molar-refractivity contribution in [2.45, 2.75) is 6.42 Å². The fourth-order valence-corrected chi connectivity index (χ4v) is 2.26. The van der Waals surface area contributed by atoms with Gasteiger partial charge in [-0.2, -0.15) is 0 Å². The minimum absolute atomic E-state index is 0.719. The summed E-state index contributed by atoms with van der Waals surface area (Å²) in [5, 5.41) is 0. The summed E-state index contributed by atoms with van der Waals surface area (Å²) in [5.74, 6) is 1.78. The van der Waals surface area contributed by atoms with Crippen LogP contribution >= 0.6 is 0 Å². The first kappa shape index (κ1) is 11.1. The van der Waals surface area contributed by atoms with Crippen LogP contribution in [0.1, 0.15) is 6.42 Å². The van der Waals surface area contributed by atoms with Crippen molar-refractivity contribution in [2.75, 3.05) is 31.7 Å². The Kier molecular flexibility index (Phi) is 2.92.